The van der Waals surface area contributed by atoms with E-state index >= 15 is 0 Å². The van der Waals surface area contributed by atoms with Crippen molar-refractivity contribution in [1.29, 1.82) is 0 Å². The number of fused-ring (bicyclic) bond motifs is 9. The van der Waals surface area contributed by atoms with Crippen molar-refractivity contribution < 1.29 is 4.42 Å². The summed E-state index contributed by atoms with van der Waals surface area (Å²) in [5.74, 6) is 1.47. The normalized spacial score (nSPS) is 14.5. The van der Waals surface area contributed by atoms with Gasteiger partial charge in [-0.1, -0.05) is 146 Å². The molecule has 1 aliphatic rings. The minimum Gasteiger partial charge on any atom is -0.455 e. The van der Waals surface area contributed by atoms with Crippen LogP contribution >= 0.6 is 11.3 Å². The van der Waals surface area contributed by atoms with Gasteiger partial charge in [0.1, 0.15) is 17.0 Å². The number of furan rings is 1. The number of benzene rings is 8. The van der Waals surface area contributed by atoms with Gasteiger partial charge in [-0.05, 0) is 42.0 Å². The van der Waals surface area contributed by atoms with E-state index in [1.807, 2.05) is 47.7 Å². The van der Waals surface area contributed by atoms with Crippen molar-refractivity contribution in [3.05, 3.63) is 199 Å². The standard InChI is InChI=1S/C51H32N4OS/c1-3-13-31(14-4-1)49-52-50(32-15-5-2-6-16-32)54-51(53-49)41-22-12-21-40-39-20-11-19-35(47(39)56-48(40)41)33-25-28-45-42(29-33)38-27-26-34(30-46(38)57-45)55-43-23-9-7-17-36(43)37-18-8-10-24-44(37)55/h1-30,51H,(H,52,53,54). The van der Waals surface area contributed by atoms with Crippen LogP contribution in [0.25, 0.3) is 80.7 Å². The smallest absolute Gasteiger partial charge is 0.159 e. The van der Waals surface area contributed by atoms with Crippen LogP contribution in [0, 0.1) is 0 Å². The molecular weight excluding hydrogens is 717 g/mol. The number of para-hydroxylation sites is 4. The predicted molar refractivity (Wildman–Crippen MR) is 238 cm³/mol. The molecule has 0 spiro atoms. The molecule has 12 rings (SSSR count). The molecule has 0 saturated carbocycles. The van der Waals surface area contributed by atoms with Crippen LogP contribution in [0.1, 0.15) is 22.9 Å². The summed E-state index contributed by atoms with van der Waals surface area (Å²) < 4.78 is 11.9. The number of hydrogen-bond donors (Lipinski definition) is 1. The van der Waals surface area contributed by atoms with Gasteiger partial charge in [0, 0.05) is 69.7 Å². The molecule has 1 N–H and O–H groups in total. The third-order valence-electron chi connectivity index (χ3n) is 11.3. The lowest BCUT2D eigenvalue weighted by Gasteiger charge is -2.23. The highest BCUT2D eigenvalue weighted by Gasteiger charge is 2.25. The quantitative estimate of drug-likeness (QED) is 0.191. The topological polar surface area (TPSA) is 54.8 Å². The Morgan fingerprint density at radius 3 is 1.93 bits per heavy atom. The number of nitrogens with one attached hydrogen (secondary N) is 1. The lowest BCUT2D eigenvalue weighted by Crippen LogP contribution is -2.33. The monoisotopic (exact) mass is 748 g/mol. The summed E-state index contributed by atoms with van der Waals surface area (Å²) in [4.78, 5) is 10.1. The number of rotatable bonds is 5. The van der Waals surface area contributed by atoms with E-state index < -0.39 is 6.17 Å². The molecule has 268 valence electrons. The molecule has 0 fully saturated rings. The SMILES string of the molecule is c1ccc(C2=NC(c3cccc4c3oc3c(-c5ccc6sc7cc(-n8c9ccccc9c9ccccc98)ccc7c6c5)cccc34)NC(c3ccccc3)=N2)cc1. The Morgan fingerprint density at radius 2 is 1.16 bits per heavy atom. The average molecular weight is 749 g/mol. The molecule has 0 radical (unpaired) electrons. The molecule has 4 heterocycles. The first-order valence-corrected chi connectivity index (χ1v) is 20.0. The number of nitrogens with zero attached hydrogens (tertiary/aromatic N) is 3. The van der Waals surface area contributed by atoms with E-state index in [4.69, 9.17) is 14.4 Å². The molecule has 0 bridgehead atoms. The van der Waals surface area contributed by atoms with E-state index in [2.05, 4.69) is 155 Å². The lowest BCUT2D eigenvalue weighted by molar-refractivity contribution is 0.629. The summed E-state index contributed by atoms with van der Waals surface area (Å²) in [6.45, 7) is 0. The minimum atomic E-state index is -0.401. The largest absolute Gasteiger partial charge is 0.455 e. The second-order valence-electron chi connectivity index (χ2n) is 14.6. The van der Waals surface area contributed by atoms with Crippen LogP contribution < -0.4 is 5.32 Å². The van der Waals surface area contributed by atoms with Gasteiger partial charge in [0.05, 0.1) is 11.0 Å². The summed E-state index contributed by atoms with van der Waals surface area (Å²) in [5, 5.41) is 10.8. The average Bonchev–Trinajstić information content (AvgIpc) is 3.96. The van der Waals surface area contributed by atoms with Crippen molar-refractivity contribution in [3.8, 4) is 16.8 Å². The first-order valence-electron chi connectivity index (χ1n) is 19.2. The molecule has 8 aromatic carbocycles. The minimum absolute atomic E-state index is 0.401. The molecule has 1 atom stereocenters. The van der Waals surface area contributed by atoms with Gasteiger partial charge in [-0.2, -0.15) is 0 Å². The van der Waals surface area contributed by atoms with Crippen molar-refractivity contribution >= 4 is 86.9 Å². The first-order chi connectivity index (χ1) is 28.2. The molecule has 57 heavy (non-hydrogen) atoms. The van der Waals surface area contributed by atoms with Gasteiger partial charge in [0.15, 0.2) is 12.0 Å². The molecular formula is C51H32N4OS. The zero-order valence-electron chi connectivity index (χ0n) is 30.6. The maximum absolute atomic E-state index is 6.96. The van der Waals surface area contributed by atoms with Gasteiger partial charge in [-0.3, -0.25) is 0 Å². The van der Waals surface area contributed by atoms with Gasteiger partial charge in [-0.15, -0.1) is 11.3 Å². The molecule has 3 aromatic heterocycles. The van der Waals surface area contributed by atoms with Crippen molar-refractivity contribution in [2.24, 2.45) is 9.98 Å². The Balaban J connectivity index is 0.970. The molecule has 11 aromatic rings. The van der Waals surface area contributed by atoms with E-state index in [9.17, 15) is 0 Å². The zero-order valence-corrected chi connectivity index (χ0v) is 31.4. The van der Waals surface area contributed by atoms with Crippen molar-refractivity contribution in [2.45, 2.75) is 6.17 Å². The lowest BCUT2D eigenvalue weighted by atomic mass is 10.00. The van der Waals surface area contributed by atoms with E-state index in [1.54, 1.807) is 0 Å². The van der Waals surface area contributed by atoms with Crippen LogP contribution in [0.15, 0.2) is 196 Å². The molecule has 0 saturated heterocycles. The maximum atomic E-state index is 6.96. The molecule has 1 aliphatic heterocycles. The number of aromatic nitrogens is 1. The number of hydrogen-bond acceptors (Lipinski definition) is 5. The van der Waals surface area contributed by atoms with E-state index in [-0.39, 0.29) is 0 Å². The molecule has 5 nitrogen and oxygen atoms in total. The third kappa shape index (κ3) is 5.08. The fourth-order valence-electron chi connectivity index (χ4n) is 8.63. The highest BCUT2D eigenvalue weighted by Crippen LogP contribution is 2.43. The number of aliphatic imine (C=N–C) groups is 2. The predicted octanol–water partition coefficient (Wildman–Crippen LogP) is 13.2. The first kappa shape index (κ1) is 32.0. The fraction of sp³-hybridized carbons (Fsp3) is 0.0196. The molecule has 6 heteroatoms. The van der Waals surface area contributed by atoms with Crippen molar-refractivity contribution in [2.75, 3.05) is 0 Å². The molecule has 0 aliphatic carbocycles. The third-order valence-corrected chi connectivity index (χ3v) is 12.4. The van der Waals surface area contributed by atoms with Crippen molar-refractivity contribution in [1.82, 2.24) is 9.88 Å². The van der Waals surface area contributed by atoms with Crippen LogP contribution in [-0.4, -0.2) is 16.2 Å². The second-order valence-corrected chi connectivity index (χ2v) is 15.6. The van der Waals surface area contributed by atoms with E-state index in [0.717, 1.165) is 55.6 Å². The maximum Gasteiger partial charge on any atom is 0.159 e. The summed E-state index contributed by atoms with van der Waals surface area (Å²) in [7, 11) is 0. The Morgan fingerprint density at radius 1 is 0.491 bits per heavy atom. The van der Waals surface area contributed by atoms with Crippen LogP contribution in [0.4, 0.5) is 0 Å². The number of amidine groups is 2. The highest BCUT2D eigenvalue weighted by atomic mass is 32.1. The van der Waals surface area contributed by atoms with Crippen LogP contribution in [0.5, 0.6) is 0 Å². The van der Waals surface area contributed by atoms with Gasteiger partial charge in [-0.25, -0.2) is 9.98 Å². The Hall–Kier alpha value is -7.28. The molecule has 1 unspecified atom stereocenters. The Labute approximate surface area is 331 Å². The van der Waals surface area contributed by atoms with Crippen LogP contribution in [0.2, 0.25) is 0 Å². The Kier molecular flexibility index (Phi) is 7.09. The zero-order chi connectivity index (χ0) is 37.5. The van der Waals surface area contributed by atoms with Gasteiger partial charge < -0.3 is 14.3 Å². The van der Waals surface area contributed by atoms with Gasteiger partial charge in [0.25, 0.3) is 0 Å². The summed E-state index contributed by atoms with van der Waals surface area (Å²) >= 11 is 1.84. The van der Waals surface area contributed by atoms with Crippen LogP contribution in [0.3, 0.4) is 0 Å². The molecule has 0 amide bonds. The Bertz CT molecular complexity index is 3390. The highest BCUT2D eigenvalue weighted by molar-refractivity contribution is 7.25. The fourth-order valence-corrected chi connectivity index (χ4v) is 9.75. The van der Waals surface area contributed by atoms with E-state index in [0.29, 0.717) is 5.84 Å². The summed E-state index contributed by atoms with van der Waals surface area (Å²) in [6.07, 6.45) is -0.401. The van der Waals surface area contributed by atoms with Crippen molar-refractivity contribution in [3.63, 3.8) is 0 Å². The van der Waals surface area contributed by atoms with Gasteiger partial charge >= 0.3 is 0 Å². The second kappa shape index (κ2) is 12.6. The van der Waals surface area contributed by atoms with E-state index in [1.165, 1.54) is 47.7 Å². The van der Waals surface area contributed by atoms with Crippen LogP contribution in [-0.2, 0) is 0 Å². The van der Waals surface area contributed by atoms with Gasteiger partial charge in [0.2, 0.25) is 0 Å². The number of thiophene rings is 1. The summed E-state index contributed by atoms with van der Waals surface area (Å²) in [6, 6.07) is 64.3. The summed E-state index contributed by atoms with van der Waals surface area (Å²) in [5.41, 5.74) is 10.4.